The number of amides is 1. The first-order chi connectivity index (χ1) is 8.41. The van der Waals surface area contributed by atoms with Crippen LogP contribution in [0, 0.1) is 0 Å². The first kappa shape index (κ1) is 15.0. The molecule has 1 rings (SSSR count). The second-order valence-corrected chi connectivity index (χ2v) is 6.32. The second kappa shape index (κ2) is 6.75. The van der Waals surface area contributed by atoms with E-state index in [1.165, 1.54) is 6.07 Å². The third-order valence-corrected chi connectivity index (χ3v) is 4.27. The van der Waals surface area contributed by atoms with Gasteiger partial charge in [-0.1, -0.05) is 18.5 Å². The molecule has 1 aromatic carbocycles. The Bertz CT molecular complexity index is 465. The lowest BCUT2D eigenvalue weighted by Gasteiger charge is -2.10. The summed E-state index contributed by atoms with van der Waals surface area (Å²) in [6.45, 7) is 2.35. The van der Waals surface area contributed by atoms with Crippen LogP contribution < -0.4 is 11.1 Å². The zero-order valence-corrected chi connectivity index (χ0v) is 12.0. The molecule has 1 amide bonds. The molecule has 0 aliphatic rings. The normalized spacial score (nSPS) is 13.9. The van der Waals surface area contributed by atoms with E-state index in [9.17, 15) is 9.00 Å². The zero-order chi connectivity index (χ0) is 13.7. The van der Waals surface area contributed by atoms with Gasteiger partial charge in [0.05, 0.1) is 5.56 Å². The molecule has 1 aromatic rings. The van der Waals surface area contributed by atoms with Gasteiger partial charge in [0.25, 0.3) is 5.91 Å². The molecule has 6 heteroatoms. The Morgan fingerprint density at radius 1 is 1.56 bits per heavy atom. The first-order valence-electron chi connectivity index (χ1n) is 5.57. The number of rotatable bonds is 5. The number of hydrogen-bond acceptors (Lipinski definition) is 3. The Hall–Kier alpha value is -1.07. The lowest BCUT2D eigenvalue weighted by molar-refractivity contribution is 0.0954. The summed E-state index contributed by atoms with van der Waals surface area (Å²) in [6.07, 6.45) is 2.32. The monoisotopic (exact) mass is 288 g/mol. The van der Waals surface area contributed by atoms with E-state index in [1.54, 1.807) is 18.4 Å². The summed E-state index contributed by atoms with van der Waals surface area (Å²) in [5, 5.41) is 3.27. The van der Waals surface area contributed by atoms with Crippen LogP contribution >= 0.6 is 11.6 Å². The van der Waals surface area contributed by atoms with Crippen LogP contribution in [0.3, 0.4) is 0 Å². The van der Waals surface area contributed by atoms with Crippen molar-refractivity contribution in [3.63, 3.8) is 0 Å². The van der Waals surface area contributed by atoms with E-state index in [1.807, 2.05) is 6.92 Å². The lowest BCUT2D eigenvalue weighted by Crippen LogP contribution is -2.28. The lowest BCUT2D eigenvalue weighted by atomic mass is 10.1. The van der Waals surface area contributed by atoms with E-state index in [-0.39, 0.29) is 11.2 Å². The Labute approximate surface area is 114 Å². The first-order valence-corrected chi connectivity index (χ1v) is 7.57. The van der Waals surface area contributed by atoms with Gasteiger partial charge in [-0.2, -0.15) is 0 Å². The number of halogens is 1. The Morgan fingerprint density at radius 2 is 2.22 bits per heavy atom. The maximum absolute atomic E-state index is 11.8. The molecule has 0 heterocycles. The summed E-state index contributed by atoms with van der Waals surface area (Å²) in [5.74, 6) is -0.260. The average molecular weight is 289 g/mol. The van der Waals surface area contributed by atoms with Gasteiger partial charge in [0.1, 0.15) is 0 Å². The minimum atomic E-state index is -0.875. The third kappa shape index (κ3) is 4.31. The highest BCUT2D eigenvalue weighted by Gasteiger charge is 2.11. The summed E-state index contributed by atoms with van der Waals surface area (Å²) < 4.78 is 11.1. The molecule has 0 aliphatic heterocycles. The van der Waals surface area contributed by atoms with E-state index in [4.69, 9.17) is 17.3 Å². The maximum Gasteiger partial charge on any atom is 0.253 e. The largest absolute Gasteiger partial charge is 0.398 e. The topological polar surface area (TPSA) is 72.2 Å². The van der Waals surface area contributed by atoms with Gasteiger partial charge in [-0.15, -0.1) is 0 Å². The van der Waals surface area contributed by atoms with Crippen molar-refractivity contribution >= 4 is 34.0 Å². The minimum absolute atomic E-state index is 0.0574. The van der Waals surface area contributed by atoms with Crippen LogP contribution in [0.5, 0.6) is 0 Å². The van der Waals surface area contributed by atoms with Crippen LogP contribution in [0.4, 0.5) is 5.69 Å². The number of carbonyl (C=O) groups is 1. The predicted octanol–water partition coefficient (Wildman–Crippen LogP) is 1.81. The molecular formula is C12H17ClN2O2S. The molecule has 0 spiro atoms. The fraction of sp³-hybridized carbons (Fsp3) is 0.417. The van der Waals surface area contributed by atoms with Gasteiger partial charge in [0.15, 0.2) is 0 Å². The molecule has 4 nitrogen and oxygen atoms in total. The van der Waals surface area contributed by atoms with Crippen LogP contribution in [0.15, 0.2) is 18.2 Å². The van der Waals surface area contributed by atoms with Crippen molar-refractivity contribution in [2.75, 3.05) is 18.5 Å². The fourth-order valence-electron chi connectivity index (χ4n) is 1.38. The second-order valence-electron chi connectivity index (χ2n) is 4.09. The zero-order valence-electron chi connectivity index (χ0n) is 10.4. The van der Waals surface area contributed by atoms with Crippen LogP contribution in [0.2, 0.25) is 5.02 Å². The molecule has 0 aliphatic carbocycles. The summed E-state index contributed by atoms with van der Waals surface area (Å²) in [7, 11) is -0.875. The Morgan fingerprint density at radius 3 is 2.83 bits per heavy atom. The Balaban J connectivity index is 2.55. The van der Waals surface area contributed by atoms with Crippen LogP contribution in [0.25, 0.3) is 0 Å². The van der Waals surface area contributed by atoms with Gasteiger partial charge in [-0.05, 0) is 24.6 Å². The molecule has 2 atom stereocenters. The molecule has 0 saturated carbocycles. The minimum Gasteiger partial charge on any atom is -0.398 e. The molecule has 0 bridgehead atoms. The van der Waals surface area contributed by atoms with E-state index in [0.717, 1.165) is 0 Å². The molecule has 0 fully saturated rings. The average Bonchev–Trinajstić information content (AvgIpc) is 2.31. The molecule has 2 unspecified atom stereocenters. The molecular weight excluding hydrogens is 272 g/mol. The highest BCUT2D eigenvalue weighted by atomic mass is 35.5. The van der Waals surface area contributed by atoms with Gasteiger partial charge in [-0.25, -0.2) is 0 Å². The van der Waals surface area contributed by atoms with E-state index >= 15 is 0 Å². The summed E-state index contributed by atoms with van der Waals surface area (Å²) in [4.78, 5) is 11.8. The van der Waals surface area contributed by atoms with Gasteiger partial charge < -0.3 is 11.1 Å². The highest BCUT2D eigenvalue weighted by Crippen LogP contribution is 2.17. The molecule has 18 heavy (non-hydrogen) atoms. The number of hydrogen-bond donors (Lipinski definition) is 2. The summed E-state index contributed by atoms with van der Waals surface area (Å²) in [5.41, 5.74) is 6.46. The number of carbonyl (C=O) groups excluding carboxylic acids is 1. The van der Waals surface area contributed by atoms with Crippen molar-refractivity contribution in [1.82, 2.24) is 5.32 Å². The van der Waals surface area contributed by atoms with Gasteiger partial charge >= 0.3 is 0 Å². The summed E-state index contributed by atoms with van der Waals surface area (Å²) in [6, 6.07) is 4.77. The number of nitrogens with one attached hydrogen (secondary N) is 1. The van der Waals surface area contributed by atoms with Gasteiger partial charge in [0.2, 0.25) is 0 Å². The van der Waals surface area contributed by atoms with Crippen LogP contribution in [-0.2, 0) is 10.8 Å². The highest BCUT2D eigenvalue weighted by molar-refractivity contribution is 7.84. The molecule has 0 aromatic heterocycles. The molecule has 100 valence electrons. The maximum atomic E-state index is 11.8. The molecule has 0 saturated heterocycles. The van der Waals surface area contributed by atoms with Crippen molar-refractivity contribution in [3.8, 4) is 0 Å². The van der Waals surface area contributed by atoms with Gasteiger partial charge in [-0.3, -0.25) is 9.00 Å². The fourth-order valence-corrected chi connectivity index (χ4v) is 2.00. The predicted molar refractivity (Wildman–Crippen MR) is 76.3 cm³/mol. The van der Waals surface area contributed by atoms with Crippen LogP contribution in [-0.4, -0.2) is 28.2 Å². The standard InChI is InChI=1S/C12H17ClN2O2S/c1-8(18(2)17)5-6-15-12(16)10-7-9(13)3-4-11(10)14/h3-4,7-8H,5-6,14H2,1-2H3,(H,15,16). The smallest absolute Gasteiger partial charge is 0.253 e. The number of nitrogen functional groups attached to an aromatic ring is 1. The number of nitrogens with two attached hydrogens (primary N) is 1. The SMILES string of the molecule is CC(CCNC(=O)c1cc(Cl)ccc1N)S(C)=O. The molecule has 0 radical (unpaired) electrons. The van der Waals surface area contributed by atoms with Crippen molar-refractivity contribution in [3.05, 3.63) is 28.8 Å². The van der Waals surface area contributed by atoms with Gasteiger partial charge in [0, 0.05) is 39.6 Å². The number of anilines is 1. The van der Waals surface area contributed by atoms with E-state index < -0.39 is 10.8 Å². The summed E-state index contributed by atoms with van der Waals surface area (Å²) >= 11 is 5.81. The van der Waals surface area contributed by atoms with Crippen molar-refractivity contribution in [2.24, 2.45) is 0 Å². The van der Waals surface area contributed by atoms with Crippen molar-refractivity contribution in [1.29, 1.82) is 0 Å². The van der Waals surface area contributed by atoms with Crippen LogP contribution in [0.1, 0.15) is 23.7 Å². The van der Waals surface area contributed by atoms with Crippen molar-refractivity contribution in [2.45, 2.75) is 18.6 Å². The van der Waals surface area contributed by atoms with Crippen molar-refractivity contribution < 1.29 is 9.00 Å². The van der Waals surface area contributed by atoms with E-state index in [0.29, 0.717) is 29.2 Å². The third-order valence-electron chi connectivity index (χ3n) is 2.66. The Kier molecular flexibility index (Phi) is 5.62. The van der Waals surface area contributed by atoms with E-state index in [2.05, 4.69) is 5.32 Å². The number of benzene rings is 1. The molecule has 3 N–H and O–H groups in total. The quantitative estimate of drug-likeness (QED) is 0.812.